The van der Waals surface area contributed by atoms with E-state index in [0.717, 1.165) is 25.1 Å². The van der Waals surface area contributed by atoms with Gasteiger partial charge in [-0.3, -0.25) is 0 Å². The van der Waals surface area contributed by atoms with Gasteiger partial charge in [-0.25, -0.2) is 17.5 Å². The molecule has 1 aromatic rings. The summed E-state index contributed by atoms with van der Waals surface area (Å²) in [6.45, 7) is 7.32. The van der Waals surface area contributed by atoms with Crippen molar-refractivity contribution >= 4 is 10.0 Å². The Bertz CT molecular complexity index is 536. The zero-order valence-electron chi connectivity index (χ0n) is 13.0. The third-order valence-corrected chi connectivity index (χ3v) is 4.67. The fourth-order valence-corrected chi connectivity index (χ4v) is 3.24. The molecule has 0 atom stereocenters. The Labute approximate surface area is 127 Å². The van der Waals surface area contributed by atoms with Crippen LogP contribution < -0.4 is 10.0 Å². The van der Waals surface area contributed by atoms with Crippen molar-refractivity contribution < 1.29 is 12.8 Å². The van der Waals surface area contributed by atoms with Crippen LogP contribution in [0, 0.1) is 19.7 Å². The van der Waals surface area contributed by atoms with Gasteiger partial charge in [0.05, 0.1) is 5.75 Å². The van der Waals surface area contributed by atoms with Crippen molar-refractivity contribution in [3.05, 3.63) is 34.6 Å². The molecular formula is C15H25FN2O2S. The molecule has 1 aromatic carbocycles. The molecule has 21 heavy (non-hydrogen) atoms. The van der Waals surface area contributed by atoms with Crippen molar-refractivity contribution in [3.63, 3.8) is 0 Å². The summed E-state index contributed by atoms with van der Waals surface area (Å²) >= 11 is 0. The second kappa shape index (κ2) is 8.46. The monoisotopic (exact) mass is 316 g/mol. The van der Waals surface area contributed by atoms with Gasteiger partial charge in [0, 0.05) is 6.54 Å². The van der Waals surface area contributed by atoms with E-state index in [1.807, 2.05) is 6.92 Å². The maximum Gasteiger partial charge on any atom is 0.211 e. The Kier molecular flexibility index (Phi) is 7.28. The van der Waals surface area contributed by atoms with E-state index in [9.17, 15) is 12.8 Å². The van der Waals surface area contributed by atoms with Gasteiger partial charge in [-0.2, -0.15) is 0 Å². The van der Waals surface area contributed by atoms with E-state index in [0.29, 0.717) is 17.5 Å². The highest BCUT2D eigenvalue weighted by Gasteiger charge is 2.11. The van der Waals surface area contributed by atoms with Crippen molar-refractivity contribution in [2.75, 3.05) is 18.8 Å². The smallest absolute Gasteiger partial charge is 0.211 e. The average Bonchev–Trinajstić information content (AvgIpc) is 2.42. The van der Waals surface area contributed by atoms with E-state index in [1.54, 1.807) is 26.0 Å². The predicted octanol–water partition coefficient (Wildman–Crippen LogP) is 2.25. The lowest BCUT2D eigenvalue weighted by Gasteiger charge is -2.09. The number of hydrogen-bond donors (Lipinski definition) is 2. The summed E-state index contributed by atoms with van der Waals surface area (Å²) < 4.78 is 39.8. The molecule has 0 unspecified atom stereocenters. The summed E-state index contributed by atoms with van der Waals surface area (Å²) in [5, 5.41) is 3.16. The van der Waals surface area contributed by atoms with Crippen molar-refractivity contribution in [2.45, 2.75) is 40.2 Å². The summed E-state index contributed by atoms with van der Waals surface area (Å²) in [6, 6.07) is 3.35. The van der Waals surface area contributed by atoms with Crippen LogP contribution in [-0.4, -0.2) is 27.3 Å². The molecule has 0 fully saturated rings. The lowest BCUT2D eigenvalue weighted by atomic mass is 10.1. The second-order valence-electron chi connectivity index (χ2n) is 5.24. The van der Waals surface area contributed by atoms with Crippen LogP contribution in [-0.2, 0) is 16.6 Å². The number of halogens is 1. The minimum atomic E-state index is -3.27. The summed E-state index contributed by atoms with van der Waals surface area (Å²) in [7, 11) is -3.27. The lowest BCUT2D eigenvalue weighted by Crippen LogP contribution is -2.26. The van der Waals surface area contributed by atoms with Crippen LogP contribution >= 0.6 is 0 Å². The van der Waals surface area contributed by atoms with E-state index in [-0.39, 0.29) is 18.1 Å². The van der Waals surface area contributed by atoms with E-state index in [1.165, 1.54) is 0 Å². The standard InChI is InChI=1S/C15H25FN2O2S/c1-4-17-7-5-6-8-21(19,20)18-11-14-9-12(2)15(16)13(3)10-14/h9-10,17-18H,4-8,11H2,1-3H3. The van der Waals surface area contributed by atoms with Crippen molar-refractivity contribution in [2.24, 2.45) is 0 Å². The van der Waals surface area contributed by atoms with E-state index < -0.39 is 10.0 Å². The Morgan fingerprint density at radius 2 is 1.76 bits per heavy atom. The van der Waals surface area contributed by atoms with Gasteiger partial charge < -0.3 is 5.32 Å². The molecule has 0 bridgehead atoms. The molecule has 4 nitrogen and oxygen atoms in total. The van der Waals surface area contributed by atoms with Gasteiger partial charge in [0.25, 0.3) is 0 Å². The molecule has 2 N–H and O–H groups in total. The molecular weight excluding hydrogens is 291 g/mol. The summed E-state index contributed by atoms with van der Waals surface area (Å²) in [5.41, 5.74) is 1.85. The highest BCUT2D eigenvalue weighted by molar-refractivity contribution is 7.89. The first kappa shape index (κ1) is 18.1. The molecule has 6 heteroatoms. The Morgan fingerprint density at radius 1 is 1.14 bits per heavy atom. The quantitative estimate of drug-likeness (QED) is 0.687. The predicted molar refractivity (Wildman–Crippen MR) is 84.3 cm³/mol. The van der Waals surface area contributed by atoms with Gasteiger partial charge in [-0.05, 0) is 56.5 Å². The number of aryl methyl sites for hydroxylation is 2. The number of benzene rings is 1. The zero-order valence-corrected chi connectivity index (χ0v) is 13.8. The maximum atomic E-state index is 13.5. The molecule has 0 saturated carbocycles. The van der Waals surface area contributed by atoms with E-state index >= 15 is 0 Å². The number of hydrogen-bond acceptors (Lipinski definition) is 3. The van der Waals surface area contributed by atoms with Crippen molar-refractivity contribution in [1.82, 2.24) is 10.0 Å². The lowest BCUT2D eigenvalue weighted by molar-refractivity contribution is 0.574. The van der Waals surface area contributed by atoms with Gasteiger partial charge >= 0.3 is 0 Å². The molecule has 0 radical (unpaired) electrons. The van der Waals surface area contributed by atoms with Gasteiger partial charge in [0.15, 0.2) is 0 Å². The third kappa shape index (κ3) is 6.54. The molecule has 0 aliphatic rings. The van der Waals surface area contributed by atoms with Crippen LogP contribution in [0.5, 0.6) is 0 Å². The minimum absolute atomic E-state index is 0.123. The van der Waals surface area contributed by atoms with Crippen LogP contribution in [0.3, 0.4) is 0 Å². The molecule has 0 spiro atoms. The molecule has 0 saturated heterocycles. The molecule has 0 aliphatic carbocycles. The van der Waals surface area contributed by atoms with Gasteiger partial charge in [0.2, 0.25) is 10.0 Å². The fourth-order valence-electron chi connectivity index (χ4n) is 2.12. The second-order valence-corrected chi connectivity index (χ2v) is 7.17. The molecule has 0 heterocycles. The first-order valence-electron chi connectivity index (χ1n) is 7.29. The Hall–Kier alpha value is -0.980. The van der Waals surface area contributed by atoms with Gasteiger partial charge in [0.1, 0.15) is 5.82 Å². The first-order chi connectivity index (χ1) is 9.85. The zero-order chi connectivity index (χ0) is 15.9. The number of sulfonamides is 1. The van der Waals surface area contributed by atoms with Crippen LogP contribution in [0.15, 0.2) is 12.1 Å². The Balaban J connectivity index is 2.46. The van der Waals surface area contributed by atoms with Crippen LogP contribution in [0.4, 0.5) is 4.39 Å². The van der Waals surface area contributed by atoms with Crippen LogP contribution in [0.2, 0.25) is 0 Å². The topological polar surface area (TPSA) is 58.2 Å². The largest absolute Gasteiger partial charge is 0.317 e. The van der Waals surface area contributed by atoms with E-state index in [2.05, 4.69) is 10.0 Å². The molecule has 120 valence electrons. The summed E-state index contributed by atoms with van der Waals surface area (Å²) in [4.78, 5) is 0. The van der Waals surface area contributed by atoms with Crippen LogP contribution in [0.25, 0.3) is 0 Å². The highest BCUT2D eigenvalue weighted by atomic mass is 32.2. The molecule has 0 amide bonds. The minimum Gasteiger partial charge on any atom is -0.317 e. The van der Waals surface area contributed by atoms with Gasteiger partial charge in [-0.15, -0.1) is 0 Å². The number of unbranched alkanes of at least 4 members (excludes halogenated alkanes) is 1. The first-order valence-corrected chi connectivity index (χ1v) is 8.94. The summed E-state index contributed by atoms with van der Waals surface area (Å²) in [6.07, 6.45) is 1.47. The fraction of sp³-hybridized carbons (Fsp3) is 0.600. The average molecular weight is 316 g/mol. The number of nitrogens with one attached hydrogen (secondary N) is 2. The highest BCUT2D eigenvalue weighted by Crippen LogP contribution is 2.14. The molecule has 1 rings (SSSR count). The Morgan fingerprint density at radius 3 is 2.33 bits per heavy atom. The molecule has 0 aromatic heterocycles. The summed E-state index contributed by atoms with van der Waals surface area (Å²) in [5.74, 6) is -0.109. The molecule has 0 aliphatic heterocycles. The van der Waals surface area contributed by atoms with Crippen LogP contribution in [0.1, 0.15) is 36.5 Å². The normalized spacial score (nSPS) is 11.8. The maximum absolute atomic E-state index is 13.5. The third-order valence-electron chi connectivity index (χ3n) is 3.26. The van der Waals surface area contributed by atoms with Crippen molar-refractivity contribution in [1.29, 1.82) is 0 Å². The van der Waals surface area contributed by atoms with Crippen molar-refractivity contribution in [3.8, 4) is 0 Å². The van der Waals surface area contributed by atoms with Gasteiger partial charge in [-0.1, -0.05) is 19.1 Å². The van der Waals surface area contributed by atoms with E-state index in [4.69, 9.17) is 0 Å². The SMILES string of the molecule is CCNCCCCS(=O)(=O)NCc1cc(C)c(F)c(C)c1. The number of rotatable bonds is 9.